The molecular weight excluding hydrogens is 553 g/mol. The molecule has 0 aliphatic heterocycles. The van der Waals surface area contributed by atoms with Crippen molar-refractivity contribution in [3.05, 3.63) is 30.1 Å². The van der Waals surface area contributed by atoms with Crippen LogP contribution < -0.4 is 9.64 Å². The van der Waals surface area contributed by atoms with Crippen LogP contribution in [-0.4, -0.2) is 47.4 Å². The molecule has 1 unspecified atom stereocenters. The lowest BCUT2D eigenvalue weighted by atomic mass is 10.1. The highest BCUT2D eigenvalue weighted by Crippen LogP contribution is 2.27. The summed E-state index contributed by atoms with van der Waals surface area (Å²) in [5, 5.41) is 4.77. The summed E-state index contributed by atoms with van der Waals surface area (Å²) in [5.74, 6) is 1.24. The van der Waals surface area contributed by atoms with E-state index < -0.39 is 12.2 Å². The van der Waals surface area contributed by atoms with Gasteiger partial charge >= 0.3 is 6.36 Å². The summed E-state index contributed by atoms with van der Waals surface area (Å²) in [6, 6.07) is 4.82. The Kier molecular flexibility index (Phi) is 22.8. The smallest absolute Gasteiger partial charge is 0.388 e. The van der Waals surface area contributed by atoms with Crippen LogP contribution in [0, 0.1) is 5.92 Å². The van der Waals surface area contributed by atoms with Crippen LogP contribution in [0.4, 0.5) is 19.0 Å². The number of alkyl halides is 3. The molecule has 2 heterocycles. The number of nitrogens with zero attached hydrogens (tertiary/aromatic N) is 4. The van der Waals surface area contributed by atoms with E-state index in [0.29, 0.717) is 11.6 Å². The molecule has 0 fully saturated rings. The van der Waals surface area contributed by atoms with E-state index in [-0.39, 0.29) is 5.92 Å². The fraction of sp³-hybridized carbons (Fsp3) is 0.765. The van der Waals surface area contributed by atoms with E-state index in [4.69, 9.17) is 9.84 Å². The lowest BCUT2D eigenvalue weighted by Gasteiger charge is -2.23. The number of anilines is 1. The van der Waals surface area contributed by atoms with Crippen molar-refractivity contribution in [3.63, 3.8) is 0 Å². The molecule has 9 heteroatoms. The standard InChI is InChI=1S/C21H31F3N4O.C9H20O.C4H10/c1-6-11-27(12-10-16(5)7-2)19-13-18(15(3)4)28(26-19)17-8-9-20(25-14-17)29-21(22,23)24;1-3-5-7-9-10-8-6-4-2;1-3-4-2/h8-9,13-16H,6-7,10-12H2,1-5H3;3-9H2,1-2H3;3-4H2,1-2H3. The van der Waals surface area contributed by atoms with Crippen LogP contribution >= 0.6 is 0 Å². The van der Waals surface area contributed by atoms with Gasteiger partial charge in [0, 0.05) is 44.1 Å². The predicted molar refractivity (Wildman–Crippen MR) is 175 cm³/mol. The lowest BCUT2D eigenvalue weighted by molar-refractivity contribution is -0.276. The molecule has 0 aliphatic rings. The second-order valence-electron chi connectivity index (χ2n) is 11.4. The zero-order valence-corrected chi connectivity index (χ0v) is 28.6. The molecule has 0 spiro atoms. The number of halogens is 3. The van der Waals surface area contributed by atoms with Gasteiger partial charge < -0.3 is 14.4 Å². The third kappa shape index (κ3) is 18.9. The fourth-order valence-electron chi connectivity index (χ4n) is 3.83. The minimum atomic E-state index is -4.76. The fourth-order valence-corrected chi connectivity index (χ4v) is 3.83. The Morgan fingerprint density at radius 1 is 0.837 bits per heavy atom. The summed E-state index contributed by atoms with van der Waals surface area (Å²) in [6.07, 6.45) is 8.77. The summed E-state index contributed by atoms with van der Waals surface area (Å²) in [6.45, 7) is 23.2. The number of aromatic nitrogens is 3. The van der Waals surface area contributed by atoms with Gasteiger partial charge in [0.2, 0.25) is 5.88 Å². The van der Waals surface area contributed by atoms with Gasteiger partial charge in [0.15, 0.2) is 5.82 Å². The van der Waals surface area contributed by atoms with Crippen molar-refractivity contribution in [3.8, 4) is 11.6 Å². The largest absolute Gasteiger partial charge is 0.574 e. The topological polar surface area (TPSA) is 52.4 Å². The van der Waals surface area contributed by atoms with Crippen molar-refractivity contribution in [2.75, 3.05) is 31.2 Å². The SMILES string of the molecule is CCCC.CCCCCOCCCC.CCCN(CCC(C)CC)c1cc(C(C)C)n(-c2ccc(OC(F)(F)F)nc2)n1. The molecule has 0 N–H and O–H groups in total. The van der Waals surface area contributed by atoms with Crippen molar-refractivity contribution < 1.29 is 22.6 Å². The molecule has 0 bridgehead atoms. The Bertz CT molecular complexity index is 907. The number of unbranched alkanes of at least 4 members (excludes halogenated alkanes) is 4. The van der Waals surface area contributed by atoms with Crippen molar-refractivity contribution >= 4 is 5.82 Å². The third-order valence-electron chi connectivity index (χ3n) is 6.94. The quantitative estimate of drug-likeness (QED) is 0.156. The molecule has 0 aliphatic carbocycles. The Balaban J connectivity index is 0.00000105. The van der Waals surface area contributed by atoms with Crippen LogP contribution in [0.3, 0.4) is 0 Å². The predicted octanol–water partition coefficient (Wildman–Crippen LogP) is 10.7. The zero-order chi connectivity index (χ0) is 32.7. The minimum Gasteiger partial charge on any atom is -0.388 e. The van der Waals surface area contributed by atoms with Crippen molar-refractivity contribution in [2.45, 2.75) is 139 Å². The number of rotatable bonds is 18. The maximum Gasteiger partial charge on any atom is 0.574 e. The van der Waals surface area contributed by atoms with E-state index in [1.807, 2.05) is 0 Å². The maximum absolute atomic E-state index is 12.4. The van der Waals surface area contributed by atoms with Crippen LogP contribution in [0.15, 0.2) is 24.4 Å². The lowest BCUT2D eigenvalue weighted by Crippen LogP contribution is -2.27. The molecule has 2 rings (SSSR count). The van der Waals surface area contributed by atoms with Crippen LogP contribution in [0.1, 0.15) is 138 Å². The van der Waals surface area contributed by atoms with Crippen LogP contribution in [0.2, 0.25) is 0 Å². The third-order valence-corrected chi connectivity index (χ3v) is 6.94. The van der Waals surface area contributed by atoms with Gasteiger partial charge in [-0.3, -0.25) is 0 Å². The minimum absolute atomic E-state index is 0.195. The first-order chi connectivity index (χ1) is 20.5. The number of ether oxygens (including phenoxy) is 2. The first-order valence-corrected chi connectivity index (χ1v) is 16.6. The molecular formula is C34H61F3N4O2. The second kappa shape index (κ2) is 24.1. The molecule has 1 atom stereocenters. The Morgan fingerprint density at radius 2 is 1.49 bits per heavy atom. The molecule has 250 valence electrons. The average Bonchev–Trinajstić information content (AvgIpc) is 3.43. The van der Waals surface area contributed by atoms with Gasteiger partial charge in [-0.25, -0.2) is 9.67 Å². The molecule has 6 nitrogen and oxygen atoms in total. The molecule has 0 aromatic carbocycles. The van der Waals surface area contributed by atoms with Crippen LogP contribution in [0.5, 0.6) is 5.88 Å². The van der Waals surface area contributed by atoms with Crippen molar-refractivity contribution in [2.24, 2.45) is 5.92 Å². The van der Waals surface area contributed by atoms with E-state index in [9.17, 15) is 13.2 Å². The molecule has 43 heavy (non-hydrogen) atoms. The molecule has 0 amide bonds. The van der Waals surface area contributed by atoms with E-state index in [1.165, 1.54) is 57.2 Å². The first kappa shape index (κ1) is 40.7. The number of hydrogen-bond acceptors (Lipinski definition) is 5. The average molecular weight is 615 g/mol. The van der Waals surface area contributed by atoms with Crippen molar-refractivity contribution in [1.82, 2.24) is 14.8 Å². The zero-order valence-electron chi connectivity index (χ0n) is 28.6. The summed E-state index contributed by atoms with van der Waals surface area (Å²) >= 11 is 0. The van der Waals surface area contributed by atoms with Crippen molar-refractivity contribution in [1.29, 1.82) is 0 Å². The van der Waals surface area contributed by atoms with E-state index >= 15 is 0 Å². The highest BCUT2D eigenvalue weighted by Gasteiger charge is 2.31. The van der Waals surface area contributed by atoms with Gasteiger partial charge in [0.05, 0.1) is 11.9 Å². The number of pyridine rings is 1. The normalized spacial score (nSPS) is 11.8. The Labute approximate surface area is 260 Å². The summed E-state index contributed by atoms with van der Waals surface area (Å²) in [7, 11) is 0. The van der Waals surface area contributed by atoms with Gasteiger partial charge in [-0.15, -0.1) is 18.3 Å². The molecule has 0 saturated carbocycles. The van der Waals surface area contributed by atoms with Gasteiger partial charge in [-0.1, -0.05) is 101 Å². The van der Waals surface area contributed by atoms with E-state index in [1.54, 1.807) is 10.7 Å². The van der Waals surface area contributed by atoms with Gasteiger partial charge in [-0.05, 0) is 43.6 Å². The first-order valence-electron chi connectivity index (χ1n) is 16.6. The number of hydrogen-bond donors (Lipinski definition) is 0. The second-order valence-corrected chi connectivity index (χ2v) is 11.4. The van der Waals surface area contributed by atoms with Crippen LogP contribution in [-0.2, 0) is 4.74 Å². The van der Waals surface area contributed by atoms with Gasteiger partial charge in [0.25, 0.3) is 0 Å². The Morgan fingerprint density at radius 3 is 1.98 bits per heavy atom. The van der Waals surface area contributed by atoms with Crippen LogP contribution in [0.25, 0.3) is 5.69 Å². The van der Waals surface area contributed by atoms with Gasteiger partial charge in [-0.2, -0.15) is 0 Å². The Hall–Kier alpha value is -2.29. The highest BCUT2D eigenvalue weighted by molar-refractivity contribution is 5.45. The molecule has 2 aromatic rings. The highest BCUT2D eigenvalue weighted by atomic mass is 19.4. The molecule has 0 radical (unpaired) electrons. The van der Waals surface area contributed by atoms with E-state index in [0.717, 1.165) is 57.1 Å². The maximum atomic E-state index is 12.4. The monoisotopic (exact) mass is 614 g/mol. The molecule has 0 saturated heterocycles. The summed E-state index contributed by atoms with van der Waals surface area (Å²) < 4.78 is 48.1. The molecule has 2 aromatic heterocycles. The summed E-state index contributed by atoms with van der Waals surface area (Å²) in [5.41, 5.74) is 1.59. The van der Waals surface area contributed by atoms with Gasteiger partial charge in [0.1, 0.15) is 0 Å². The van der Waals surface area contributed by atoms with E-state index in [2.05, 4.69) is 83.0 Å². The summed E-state index contributed by atoms with van der Waals surface area (Å²) in [4.78, 5) is 6.07.